The zero-order valence-electron chi connectivity index (χ0n) is 14.8. The predicted molar refractivity (Wildman–Crippen MR) is 82.9 cm³/mol. The molecule has 0 bridgehead atoms. The van der Waals surface area contributed by atoms with Gasteiger partial charge in [-0.15, -0.1) is 0 Å². The minimum Gasteiger partial charge on any atom is -1.00 e. The summed E-state index contributed by atoms with van der Waals surface area (Å²) in [6.07, 6.45) is 2.17. The molecule has 132 valence electrons. The molecule has 0 aliphatic carbocycles. The van der Waals surface area contributed by atoms with Crippen molar-refractivity contribution in [3.63, 3.8) is 0 Å². The summed E-state index contributed by atoms with van der Waals surface area (Å²) in [4.78, 5) is 23.0. The molecule has 2 atom stereocenters. The Kier molecular flexibility index (Phi) is 11.6. The van der Waals surface area contributed by atoms with Crippen LogP contribution >= 0.6 is 0 Å². The molecular formula is C16H32ClNO4. The summed E-state index contributed by atoms with van der Waals surface area (Å²) in [5.41, 5.74) is 0. The largest absolute Gasteiger partial charge is 1.00 e. The van der Waals surface area contributed by atoms with E-state index in [0.717, 1.165) is 19.3 Å². The molecule has 0 aliphatic rings. The van der Waals surface area contributed by atoms with Crippen LogP contribution in [-0.2, 0) is 14.3 Å². The van der Waals surface area contributed by atoms with Crippen LogP contribution in [0.25, 0.3) is 0 Å². The summed E-state index contributed by atoms with van der Waals surface area (Å²) in [7, 11) is 5.86. The first-order chi connectivity index (χ1) is 9.51. The average molecular weight is 338 g/mol. The first kappa shape index (κ1) is 23.5. The Morgan fingerprint density at radius 3 is 2.05 bits per heavy atom. The number of carboxylic acids is 1. The van der Waals surface area contributed by atoms with E-state index in [0.29, 0.717) is 16.9 Å². The van der Waals surface area contributed by atoms with E-state index in [1.54, 1.807) is 0 Å². The summed E-state index contributed by atoms with van der Waals surface area (Å²) in [6, 6.07) is 0. The van der Waals surface area contributed by atoms with Gasteiger partial charge in [0.1, 0.15) is 6.54 Å². The summed E-state index contributed by atoms with van der Waals surface area (Å²) < 4.78 is 5.98. The van der Waals surface area contributed by atoms with E-state index in [-0.39, 0.29) is 30.7 Å². The van der Waals surface area contributed by atoms with E-state index in [2.05, 4.69) is 13.8 Å². The number of carboxylic acid groups (broad SMARTS) is 1. The molecular weight excluding hydrogens is 306 g/mol. The van der Waals surface area contributed by atoms with Crippen LogP contribution in [0.15, 0.2) is 0 Å². The molecule has 0 aromatic rings. The van der Waals surface area contributed by atoms with Crippen LogP contribution in [0.1, 0.15) is 46.5 Å². The van der Waals surface area contributed by atoms with Crippen molar-refractivity contribution in [2.75, 3.05) is 27.7 Å². The SMILES string of the molecule is CC(C)CCCC(C)C(=O)OC(CC(=O)O)C[N+](C)(C)C.[Cl-]. The van der Waals surface area contributed by atoms with Gasteiger partial charge in [-0.3, -0.25) is 9.59 Å². The number of ether oxygens (including phenoxy) is 1. The van der Waals surface area contributed by atoms with Crippen molar-refractivity contribution in [3.8, 4) is 0 Å². The van der Waals surface area contributed by atoms with Crippen molar-refractivity contribution in [3.05, 3.63) is 0 Å². The number of quaternary nitrogens is 1. The van der Waals surface area contributed by atoms with Crippen LogP contribution in [-0.4, -0.2) is 55.3 Å². The monoisotopic (exact) mass is 337 g/mol. The minimum absolute atomic E-state index is 0. The molecule has 22 heavy (non-hydrogen) atoms. The molecule has 0 aromatic heterocycles. The lowest BCUT2D eigenvalue weighted by Crippen LogP contribution is -3.00. The number of carbonyl (C=O) groups excluding carboxylic acids is 1. The van der Waals surface area contributed by atoms with E-state index in [1.165, 1.54) is 0 Å². The predicted octanol–water partition coefficient (Wildman–Crippen LogP) is -0.454. The fourth-order valence-corrected chi connectivity index (χ4v) is 2.18. The van der Waals surface area contributed by atoms with E-state index >= 15 is 0 Å². The van der Waals surface area contributed by atoms with Crippen molar-refractivity contribution < 1.29 is 36.3 Å². The second-order valence-electron chi connectivity index (χ2n) is 7.36. The smallest absolute Gasteiger partial charge is 0.309 e. The summed E-state index contributed by atoms with van der Waals surface area (Å²) in [6.45, 7) is 6.67. The number of likely N-dealkylation sites (N-methyl/N-ethyl adjacent to an activating group) is 1. The lowest BCUT2D eigenvalue weighted by molar-refractivity contribution is -0.873. The van der Waals surface area contributed by atoms with Gasteiger partial charge in [0, 0.05) is 0 Å². The Morgan fingerprint density at radius 2 is 1.64 bits per heavy atom. The van der Waals surface area contributed by atoms with Gasteiger partial charge in [0.2, 0.25) is 0 Å². The van der Waals surface area contributed by atoms with E-state index in [4.69, 9.17) is 9.84 Å². The van der Waals surface area contributed by atoms with Gasteiger partial charge in [-0.2, -0.15) is 0 Å². The Hall–Kier alpha value is -0.810. The number of hydrogen-bond donors (Lipinski definition) is 1. The normalized spacial score (nSPS) is 14.1. The van der Waals surface area contributed by atoms with Crippen LogP contribution in [0.5, 0.6) is 0 Å². The minimum atomic E-state index is -0.936. The maximum atomic E-state index is 12.1. The van der Waals surface area contributed by atoms with E-state index in [1.807, 2.05) is 28.1 Å². The first-order valence-corrected chi connectivity index (χ1v) is 7.74. The van der Waals surface area contributed by atoms with Crippen molar-refractivity contribution in [1.82, 2.24) is 0 Å². The van der Waals surface area contributed by atoms with Crippen molar-refractivity contribution in [1.29, 1.82) is 0 Å². The van der Waals surface area contributed by atoms with Gasteiger partial charge < -0.3 is 26.7 Å². The third-order valence-electron chi connectivity index (χ3n) is 3.26. The standard InChI is InChI=1S/C16H31NO4.ClH/c1-12(2)8-7-9-13(3)16(20)21-14(10-15(18)19)11-17(4,5)6;/h12-14H,7-11H2,1-6H3;1H. The third kappa shape index (κ3) is 12.9. The second-order valence-corrected chi connectivity index (χ2v) is 7.36. The Labute approximate surface area is 141 Å². The van der Waals surface area contributed by atoms with E-state index < -0.39 is 12.1 Å². The maximum absolute atomic E-state index is 12.1. The first-order valence-electron chi connectivity index (χ1n) is 7.74. The topological polar surface area (TPSA) is 63.6 Å². The molecule has 0 heterocycles. The molecule has 0 saturated carbocycles. The van der Waals surface area contributed by atoms with Crippen LogP contribution < -0.4 is 12.4 Å². The average Bonchev–Trinajstić information content (AvgIpc) is 2.24. The van der Waals surface area contributed by atoms with E-state index in [9.17, 15) is 9.59 Å². The lowest BCUT2D eigenvalue weighted by atomic mass is 10.00. The highest BCUT2D eigenvalue weighted by molar-refractivity contribution is 5.73. The van der Waals surface area contributed by atoms with Crippen LogP contribution in [0.4, 0.5) is 0 Å². The highest BCUT2D eigenvalue weighted by Gasteiger charge is 2.26. The van der Waals surface area contributed by atoms with Crippen molar-refractivity contribution in [2.24, 2.45) is 11.8 Å². The number of halogens is 1. The van der Waals surface area contributed by atoms with Gasteiger partial charge >= 0.3 is 11.9 Å². The zero-order valence-corrected chi connectivity index (χ0v) is 15.5. The van der Waals surface area contributed by atoms with Gasteiger partial charge in [-0.1, -0.05) is 33.6 Å². The third-order valence-corrected chi connectivity index (χ3v) is 3.26. The van der Waals surface area contributed by atoms with Gasteiger partial charge in [-0.05, 0) is 12.3 Å². The summed E-state index contributed by atoms with van der Waals surface area (Å²) in [5, 5.41) is 8.94. The van der Waals surface area contributed by atoms with Crippen LogP contribution in [0.2, 0.25) is 0 Å². The molecule has 6 heteroatoms. The molecule has 0 radical (unpaired) electrons. The number of carbonyl (C=O) groups is 2. The lowest BCUT2D eigenvalue weighted by Gasteiger charge is -2.29. The number of hydrogen-bond acceptors (Lipinski definition) is 3. The van der Waals surface area contributed by atoms with Crippen molar-refractivity contribution >= 4 is 11.9 Å². The van der Waals surface area contributed by atoms with Gasteiger partial charge in [0.15, 0.2) is 6.10 Å². The van der Waals surface area contributed by atoms with Gasteiger partial charge in [0.05, 0.1) is 33.5 Å². The number of esters is 1. The highest BCUT2D eigenvalue weighted by atomic mass is 35.5. The molecule has 0 rings (SSSR count). The summed E-state index contributed by atoms with van der Waals surface area (Å²) in [5.74, 6) is -0.758. The fraction of sp³-hybridized carbons (Fsp3) is 0.875. The molecule has 1 N–H and O–H groups in total. The molecule has 2 unspecified atom stereocenters. The van der Waals surface area contributed by atoms with Gasteiger partial charge in [-0.25, -0.2) is 0 Å². The molecule has 0 saturated heterocycles. The number of rotatable bonds is 10. The second kappa shape index (κ2) is 10.8. The maximum Gasteiger partial charge on any atom is 0.309 e. The molecule has 0 aliphatic heterocycles. The highest BCUT2D eigenvalue weighted by Crippen LogP contribution is 2.15. The molecule has 5 nitrogen and oxygen atoms in total. The summed E-state index contributed by atoms with van der Waals surface area (Å²) >= 11 is 0. The zero-order chi connectivity index (χ0) is 16.6. The Balaban J connectivity index is 0. The number of nitrogens with zero attached hydrogens (tertiary/aromatic N) is 1. The number of aliphatic carboxylic acids is 1. The molecule has 0 aromatic carbocycles. The van der Waals surface area contributed by atoms with Crippen molar-refractivity contribution in [2.45, 2.75) is 52.6 Å². The van der Waals surface area contributed by atoms with Crippen LogP contribution in [0, 0.1) is 11.8 Å². The fourth-order valence-electron chi connectivity index (χ4n) is 2.18. The van der Waals surface area contributed by atoms with Crippen LogP contribution in [0.3, 0.4) is 0 Å². The molecule has 0 fully saturated rings. The Bertz CT molecular complexity index is 340. The Morgan fingerprint density at radius 1 is 1.09 bits per heavy atom. The quantitative estimate of drug-likeness (QED) is 0.433. The molecule has 0 amide bonds. The molecule has 0 spiro atoms. The van der Waals surface area contributed by atoms with Gasteiger partial charge in [0.25, 0.3) is 0 Å².